The third kappa shape index (κ3) is 3.74. The van der Waals surface area contributed by atoms with Crippen LogP contribution in [0.4, 0.5) is 24.5 Å². The van der Waals surface area contributed by atoms with Crippen LogP contribution >= 0.6 is 11.8 Å². The second-order valence-corrected chi connectivity index (χ2v) is 8.87. The Morgan fingerprint density at radius 1 is 0.853 bits per heavy atom. The van der Waals surface area contributed by atoms with Gasteiger partial charge in [0, 0.05) is 4.90 Å². The number of rotatable bonds is 4. The van der Waals surface area contributed by atoms with Crippen LogP contribution in [0, 0.1) is 5.92 Å². The molecule has 0 aliphatic carbocycles. The third-order valence-electron chi connectivity index (χ3n) is 6.02. The lowest BCUT2D eigenvalue weighted by atomic mass is 9.90. The first kappa shape index (κ1) is 22.5. The van der Waals surface area contributed by atoms with Crippen LogP contribution in [0.5, 0.6) is 0 Å². The number of anilines is 2. The monoisotopic (exact) mass is 484 g/mol. The molecule has 34 heavy (non-hydrogen) atoms. The summed E-state index contributed by atoms with van der Waals surface area (Å²) < 4.78 is 39.7. The number of halogens is 3. The van der Waals surface area contributed by atoms with Gasteiger partial charge >= 0.3 is 6.18 Å². The summed E-state index contributed by atoms with van der Waals surface area (Å²) in [6.07, 6.45) is -3.79. The number of carbonyl (C=O) groups excluding carboxylic acids is 2. The van der Waals surface area contributed by atoms with Crippen LogP contribution in [-0.4, -0.2) is 24.2 Å². The molecule has 0 saturated carbocycles. The fraction of sp³-hybridized carbons (Fsp3) is 0.200. The van der Waals surface area contributed by atoms with E-state index in [2.05, 4.69) is 0 Å². The largest absolute Gasteiger partial charge is 0.416 e. The highest BCUT2D eigenvalue weighted by molar-refractivity contribution is 7.98. The zero-order valence-electron chi connectivity index (χ0n) is 17.9. The topological polar surface area (TPSA) is 49.9 Å². The first-order valence-electron chi connectivity index (χ1n) is 10.5. The van der Waals surface area contributed by atoms with Gasteiger partial charge < -0.3 is 0 Å². The Balaban J connectivity index is 1.56. The van der Waals surface area contributed by atoms with Gasteiger partial charge in [-0.1, -0.05) is 36.4 Å². The molecule has 9 heteroatoms. The van der Waals surface area contributed by atoms with E-state index in [4.69, 9.17) is 4.84 Å². The highest BCUT2D eigenvalue weighted by atomic mass is 32.2. The maximum Gasteiger partial charge on any atom is 0.416 e. The summed E-state index contributed by atoms with van der Waals surface area (Å²) in [6, 6.07) is 20.3. The fourth-order valence-corrected chi connectivity index (χ4v) is 4.84. The van der Waals surface area contributed by atoms with Crippen LogP contribution in [0.25, 0.3) is 0 Å². The van der Waals surface area contributed by atoms with Gasteiger partial charge in [0.15, 0.2) is 6.10 Å². The predicted octanol–water partition coefficient (Wildman–Crippen LogP) is 5.48. The zero-order valence-corrected chi connectivity index (χ0v) is 18.7. The molecular weight excluding hydrogens is 465 g/mol. The van der Waals surface area contributed by atoms with E-state index >= 15 is 0 Å². The van der Waals surface area contributed by atoms with Crippen LogP contribution in [-0.2, 0) is 20.6 Å². The van der Waals surface area contributed by atoms with Crippen molar-refractivity contribution in [2.75, 3.05) is 16.2 Å². The average Bonchev–Trinajstić information content (AvgIpc) is 3.35. The van der Waals surface area contributed by atoms with E-state index in [1.54, 1.807) is 16.8 Å². The summed E-state index contributed by atoms with van der Waals surface area (Å²) in [5.74, 6) is -2.19. The molecule has 0 aromatic heterocycles. The van der Waals surface area contributed by atoms with Crippen molar-refractivity contribution < 1.29 is 27.6 Å². The normalized spacial score (nSPS) is 22.4. The number of benzene rings is 3. The summed E-state index contributed by atoms with van der Waals surface area (Å²) in [5.41, 5.74) is 0.382. The van der Waals surface area contributed by atoms with Gasteiger partial charge in [-0.2, -0.15) is 13.2 Å². The molecule has 2 heterocycles. The van der Waals surface area contributed by atoms with Gasteiger partial charge in [0.1, 0.15) is 5.92 Å². The van der Waals surface area contributed by atoms with Crippen LogP contribution in [0.15, 0.2) is 83.8 Å². The number of alkyl halides is 3. The molecular formula is C25H19F3N2O3S. The molecule has 0 radical (unpaired) electrons. The Labute approximate surface area is 198 Å². The number of hydrogen-bond acceptors (Lipinski definition) is 5. The molecule has 2 aliphatic rings. The van der Waals surface area contributed by atoms with E-state index in [-0.39, 0.29) is 5.69 Å². The number of imide groups is 1. The Bertz CT molecular complexity index is 1230. The molecule has 3 aromatic rings. The van der Waals surface area contributed by atoms with Crippen molar-refractivity contribution >= 4 is 35.0 Å². The number of nitrogens with zero attached hydrogens (tertiary/aromatic N) is 2. The van der Waals surface area contributed by atoms with Gasteiger partial charge in [-0.25, -0.2) is 9.96 Å². The number of hydrogen-bond donors (Lipinski definition) is 0. The summed E-state index contributed by atoms with van der Waals surface area (Å²) in [6.45, 7) is 0. The number of fused-ring (bicyclic) bond motifs is 1. The third-order valence-corrected chi connectivity index (χ3v) is 6.76. The zero-order chi connectivity index (χ0) is 24.0. The summed E-state index contributed by atoms with van der Waals surface area (Å²) in [5, 5.41) is 1.56. The number of carbonyl (C=O) groups is 2. The predicted molar refractivity (Wildman–Crippen MR) is 122 cm³/mol. The van der Waals surface area contributed by atoms with Gasteiger partial charge in [-0.05, 0) is 54.3 Å². The molecule has 5 nitrogen and oxygen atoms in total. The van der Waals surface area contributed by atoms with Crippen LogP contribution in [0.3, 0.4) is 0 Å². The lowest BCUT2D eigenvalue weighted by molar-refractivity contribution is -0.137. The first-order chi connectivity index (χ1) is 16.3. The molecule has 3 atom stereocenters. The summed E-state index contributed by atoms with van der Waals surface area (Å²) in [4.78, 5) is 34.7. The molecule has 2 saturated heterocycles. The fourth-order valence-electron chi connectivity index (χ4n) is 4.43. The number of thioether (sulfide) groups is 1. The van der Waals surface area contributed by atoms with Gasteiger partial charge in [0.2, 0.25) is 5.91 Å². The van der Waals surface area contributed by atoms with Crippen molar-refractivity contribution in [2.24, 2.45) is 5.92 Å². The summed E-state index contributed by atoms with van der Waals surface area (Å²) >= 11 is 1.57. The molecule has 0 unspecified atom stereocenters. The van der Waals surface area contributed by atoms with Gasteiger partial charge in [0.25, 0.3) is 5.91 Å². The van der Waals surface area contributed by atoms with Crippen LogP contribution in [0.1, 0.15) is 17.2 Å². The lowest BCUT2D eigenvalue weighted by Crippen LogP contribution is -2.37. The van der Waals surface area contributed by atoms with Crippen molar-refractivity contribution in [2.45, 2.75) is 23.2 Å². The minimum atomic E-state index is -4.60. The summed E-state index contributed by atoms with van der Waals surface area (Å²) in [7, 11) is 0. The molecule has 2 amide bonds. The maximum absolute atomic E-state index is 13.6. The quantitative estimate of drug-likeness (QED) is 0.363. The van der Waals surface area contributed by atoms with Crippen LogP contribution < -0.4 is 9.96 Å². The van der Waals surface area contributed by atoms with Crippen molar-refractivity contribution in [1.29, 1.82) is 0 Å². The Kier molecular flexibility index (Phi) is 5.61. The van der Waals surface area contributed by atoms with E-state index in [1.807, 2.05) is 60.9 Å². The molecule has 2 aliphatic heterocycles. The van der Waals surface area contributed by atoms with E-state index in [0.29, 0.717) is 5.69 Å². The molecule has 0 spiro atoms. The Morgan fingerprint density at radius 3 is 2.18 bits per heavy atom. The Hall–Kier alpha value is -3.30. The molecule has 174 valence electrons. The van der Waals surface area contributed by atoms with Gasteiger partial charge in [-0.3, -0.25) is 14.4 Å². The number of para-hydroxylation sites is 1. The number of amides is 2. The van der Waals surface area contributed by atoms with E-state index in [9.17, 15) is 22.8 Å². The molecule has 2 fully saturated rings. The average molecular weight is 484 g/mol. The molecule has 3 aromatic carbocycles. The molecule has 5 rings (SSSR count). The smallest absolute Gasteiger partial charge is 0.273 e. The standard InChI is InChI=1S/C25H19F3N2O3S/c1-34-19-12-10-15(11-13-19)21-20-22(33-30(21)17-7-3-2-4-8-17)24(32)29(23(20)31)18-9-5-6-16(14-18)25(26,27)28/h2-14,20-22H,1H3/t20-,21+,22+/m1/s1. The first-order valence-corrected chi connectivity index (χ1v) is 11.7. The SMILES string of the molecule is CSc1ccc([C@H]2[C@H]3C(=O)N(c4cccc(C(F)(F)F)c4)C(=O)[C@H]3ON2c2ccccc2)cc1. The van der Waals surface area contributed by atoms with E-state index in [0.717, 1.165) is 27.5 Å². The van der Waals surface area contributed by atoms with Crippen molar-refractivity contribution in [3.05, 3.63) is 90.0 Å². The minimum absolute atomic E-state index is 0.120. The lowest BCUT2D eigenvalue weighted by Gasteiger charge is -2.29. The van der Waals surface area contributed by atoms with Crippen molar-refractivity contribution in [1.82, 2.24) is 0 Å². The highest BCUT2D eigenvalue weighted by Gasteiger charge is 2.60. The second kappa shape index (κ2) is 8.48. The van der Waals surface area contributed by atoms with E-state index in [1.165, 1.54) is 12.1 Å². The van der Waals surface area contributed by atoms with Crippen molar-refractivity contribution in [3.8, 4) is 0 Å². The minimum Gasteiger partial charge on any atom is -0.273 e. The van der Waals surface area contributed by atoms with Gasteiger partial charge in [-0.15, -0.1) is 11.8 Å². The van der Waals surface area contributed by atoms with Crippen molar-refractivity contribution in [3.63, 3.8) is 0 Å². The second-order valence-electron chi connectivity index (χ2n) is 7.99. The highest BCUT2D eigenvalue weighted by Crippen LogP contribution is 2.48. The molecule has 0 N–H and O–H groups in total. The van der Waals surface area contributed by atoms with Crippen LogP contribution in [0.2, 0.25) is 0 Å². The van der Waals surface area contributed by atoms with Gasteiger partial charge in [0.05, 0.1) is 23.0 Å². The Morgan fingerprint density at radius 2 is 1.53 bits per heavy atom. The van der Waals surface area contributed by atoms with E-state index < -0.39 is 41.6 Å². The molecule has 0 bridgehead atoms. The number of hydroxylamine groups is 1. The maximum atomic E-state index is 13.6.